The Morgan fingerprint density at radius 2 is 1.55 bits per heavy atom. The highest BCUT2D eigenvalue weighted by Crippen LogP contribution is 2.37. The Morgan fingerprint density at radius 3 is 2.06 bits per heavy atom. The Balaban J connectivity index is 0.00000240. The zero-order valence-corrected chi connectivity index (χ0v) is 20.6. The van der Waals surface area contributed by atoms with Gasteiger partial charge in [-0.1, -0.05) is 67.6 Å². The highest BCUT2D eigenvalue weighted by atomic mass is 35.5. The van der Waals surface area contributed by atoms with Crippen LogP contribution in [0.4, 0.5) is 0 Å². The first kappa shape index (κ1) is 27.4. The molecule has 31 heavy (non-hydrogen) atoms. The van der Waals surface area contributed by atoms with E-state index in [9.17, 15) is 4.79 Å². The summed E-state index contributed by atoms with van der Waals surface area (Å²) in [4.78, 5) is 17.8. The molecule has 1 unspecified atom stereocenters. The van der Waals surface area contributed by atoms with E-state index < -0.39 is 0 Å². The quantitative estimate of drug-likeness (QED) is 0.628. The van der Waals surface area contributed by atoms with Gasteiger partial charge in [-0.3, -0.25) is 9.69 Å². The minimum atomic E-state index is -0.0130. The fraction of sp³-hybridized carbons (Fsp3) is 0.480. The third kappa shape index (κ3) is 6.69. The molecule has 2 aromatic rings. The van der Waals surface area contributed by atoms with Gasteiger partial charge in [0.1, 0.15) is 0 Å². The summed E-state index contributed by atoms with van der Waals surface area (Å²) in [5.41, 5.74) is 2.59. The van der Waals surface area contributed by atoms with Gasteiger partial charge in [-0.25, -0.2) is 0 Å². The lowest BCUT2D eigenvalue weighted by Crippen LogP contribution is -2.53. The molecule has 0 bridgehead atoms. The number of piperidine rings is 1. The van der Waals surface area contributed by atoms with Gasteiger partial charge in [0.15, 0.2) is 0 Å². The van der Waals surface area contributed by atoms with Crippen LogP contribution in [0.3, 0.4) is 0 Å². The zero-order chi connectivity index (χ0) is 20.7. The van der Waals surface area contributed by atoms with Gasteiger partial charge in [0, 0.05) is 25.2 Å². The third-order valence-electron chi connectivity index (χ3n) is 6.38. The number of amides is 1. The Bertz CT molecular complexity index is 763. The number of carbonyl (C=O) groups excluding carboxylic acids is 1. The summed E-state index contributed by atoms with van der Waals surface area (Å²) < 4.78 is 0. The third-order valence-corrected chi connectivity index (χ3v) is 6.38. The van der Waals surface area contributed by atoms with E-state index in [1.165, 1.54) is 11.1 Å². The molecule has 0 aromatic heterocycles. The second-order valence-corrected chi connectivity index (χ2v) is 8.31. The van der Waals surface area contributed by atoms with E-state index in [1.807, 2.05) is 6.07 Å². The van der Waals surface area contributed by atoms with Gasteiger partial charge in [0.2, 0.25) is 5.91 Å². The summed E-state index contributed by atoms with van der Waals surface area (Å²) in [5, 5.41) is 3.39. The average molecular weight is 466 g/mol. The van der Waals surface area contributed by atoms with Crippen molar-refractivity contribution in [1.29, 1.82) is 0 Å². The molecule has 0 saturated carbocycles. The van der Waals surface area contributed by atoms with Crippen LogP contribution in [0.25, 0.3) is 0 Å². The van der Waals surface area contributed by atoms with Gasteiger partial charge in [-0.2, -0.15) is 0 Å². The number of halogens is 2. The highest BCUT2D eigenvalue weighted by molar-refractivity contribution is 5.85. The van der Waals surface area contributed by atoms with Crippen molar-refractivity contribution in [3.8, 4) is 0 Å². The van der Waals surface area contributed by atoms with Crippen LogP contribution in [-0.2, 0) is 16.8 Å². The van der Waals surface area contributed by atoms with Gasteiger partial charge >= 0.3 is 0 Å². The molecular weight excluding hydrogens is 429 g/mol. The largest absolute Gasteiger partial charge is 0.342 e. The summed E-state index contributed by atoms with van der Waals surface area (Å²) in [5.74, 6) is 0.274. The Labute approximate surface area is 200 Å². The maximum Gasteiger partial charge on any atom is 0.227 e. The molecule has 1 N–H and O–H groups in total. The van der Waals surface area contributed by atoms with Crippen LogP contribution < -0.4 is 5.32 Å². The minimum Gasteiger partial charge on any atom is -0.342 e. The highest BCUT2D eigenvalue weighted by Gasteiger charge is 2.40. The van der Waals surface area contributed by atoms with Crippen LogP contribution in [0.2, 0.25) is 0 Å². The molecule has 172 valence electrons. The molecule has 4 nitrogen and oxygen atoms in total. The van der Waals surface area contributed by atoms with E-state index in [0.29, 0.717) is 0 Å². The lowest BCUT2D eigenvalue weighted by molar-refractivity contribution is -0.138. The molecule has 1 saturated heterocycles. The molecule has 1 heterocycles. The smallest absolute Gasteiger partial charge is 0.227 e. The molecule has 2 aromatic carbocycles. The number of nitrogens with zero attached hydrogens (tertiary/aromatic N) is 2. The number of hydrogen-bond donors (Lipinski definition) is 1. The number of hydrogen-bond acceptors (Lipinski definition) is 3. The summed E-state index contributed by atoms with van der Waals surface area (Å²) >= 11 is 0. The van der Waals surface area contributed by atoms with Gasteiger partial charge in [-0.05, 0) is 51.0 Å². The second kappa shape index (κ2) is 13.1. The standard InChI is InChI=1S/C25H35N3O.2ClH/c1-4-26-20-22(19-21-11-7-5-8-12-21)24(29)28-17-15-25(16-18-28,27(2)3)23-13-9-6-10-14-23;;/h5-14,22,26H,4,15-20H2,1-3H3;2*1H. The second-order valence-electron chi connectivity index (χ2n) is 8.31. The molecular formula is C25H37Cl2N3O. The van der Waals surface area contributed by atoms with Crippen molar-refractivity contribution in [2.24, 2.45) is 5.92 Å². The van der Waals surface area contributed by atoms with Gasteiger partial charge in [-0.15, -0.1) is 24.8 Å². The number of nitrogens with one attached hydrogen (secondary N) is 1. The monoisotopic (exact) mass is 465 g/mol. The fourth-order valence-electron chi connectivity index (χ4n) is 4.56. The molecule has 1 fully saturated rings. The number of likely N-dealkylation sites (tertiary alicyclic amines) is 1. The van der Waals surface area contributed by atoms with E-state index >= 15 is 0 Å². The maximum atomic E-state index is 13.4. The fourth-order valence-corrected chi connectivity index (χ4v) is 4.56. The van der Waals surface area contributed by atoms with Crippen molar-refractivity contribution in [2.45, 2.75) is 31.7 Å². The molecule has 1 amide bonds. The molecule has 6 heteroatoms. The normalized spacial score (nSPS) is 16.2. The lowest BCUT2D eigenvalue weighted by Gasteiger charge is -2.47. The van der Waals surface area contributed by atoms with Gasteiger partial charge < -0.3 is 10.2 Å². The number of rotatable bonds is 8. The van der Waals surface area contributed by atoms with Crippen molar-refractivity contribution in [3.05, 3.63) is 71.8 Å². The molecule has 1 aliphatic heterocycles. The van der Waals surface area contributed by atoms with Gasteiger partial charge in [0.25, 0.3) is 0 Å². The first-order valence-corrected chi connectivity index (χ1v) is 10.8. The van der Waals surface area contributed by atoms with Crippen LogP contribution in [0.5, 0.6) is 0 Å². The molecule has 3 rings (SSSR count). The first-order valence-electron chi connectivity index (χ1n) is 10.8. The molecule has 1 aliphatic rings. The van der Waals surface area contributed by atoms with Crippen molar-refractivity contribution in [1.82, 2.24) is 15.1 Å². The molecule has 0 spiro atoms. The number of carbonyl (C=O) groups is 1. The Kier molecular flexibility index (Phi) is 11.6. The van der Waals surface area contributed by atoms with Crippen molar-refractivity contribution in [2.75, 3.05) is 40.3 Å². The van der Waals surface area contributed by atoms with Gasteiger partial charge in [0.05, 0.1) is 5.92 Å². The Morgan fingerprint density at radius 1 is 1.00 bits per heavy atom. The molecule has 1 atom stereocenters. The lowest BCUT2D eigenvalue weighted by atomic mass is 9.79. The van der Waals surface area contributed by atoms with Crippen LogP contribution in [0.15, 0.2) is 60.7 Å². The van der Waals surface area contributed by atoms with E-state index in [2.05, 4.69) is 90.7 Å². The summed E-state index contributed by atoms with van der Waals surface area (Å²) in [6.07, 6.45) is 2.73. The average Bonchev–Trinajstić information content (AvgIpc) is 2.77. The predicted octanol–water partition coefficient (Wildman–Crippen LogP) is 4.38. The van der Waals surface area contributed by atoms with Crippen LogP contribution in [-0.4, -0.2) is 56.0 Å². The van der Waals surface area contributed by atoms with Crippen LogP contribution >= 0.6 is 24.8 Å². The minimum absolute atomic E-state index is 0. The van der Waals surface area contributed by atoms with E-state index in [1.54, 1.807) is 0 Å². The van der Waals surface area contributed by atoms with E-state index in [-0.39, 0.29) is 42.2 Å². The summed E-state index contributed by atoms with van der Waals surface area (Å²) in [6.45, 7) is 5.33. The van der Waals surface area contributed by atoms with Crippen LogP contribution in [0.1, 0.15) is 30.9 Å². The SMILES string of the molecule is CCNCC(Cc1ccccc1)C(=O)N1CCC(c2ccccc2)(N(C)C)CC1.Cl.Cl. The van der Waals surface area contributed by atoms with Crippen LogP contribution in [0, 0.1) is 5.92 Å². The molecule has 0 radical (unpaired) electrons. The number of benzene rings is 2. The topological polar surface area (TPSA) is 35.6 Å². The van der Waals surface area contributed by atoms with Crippen molar-refractivity contribution < 1.29 is 4.79 Å². The molecule has 0 aliphatic carbocycles. The van der Waals surface area contributed by atoms with Crippen molar-refractivity contribution >= 4 is 30.7 Å². The summed E-state index contributed by atoms with van der Waals surface area (Å²) in [7, 11) is 4.32. The maximum absolute atomic E-state index is 13.4. The summed E-state index contributed by atoms with van der Waals surface area (Å²) in [6, 6.07) is 21.1. The van der Waals surface area contributed by atoms with E-state index in [4.69, 9.17) is 0 Å². The zero-order valence-electron chi connectivity index (χ0n) is 18.9. The van der Waals surface area contributed by atoms with Crippen molar-refractivity contribution in [3.63, 3.8) is 0 Å². The van der Waals surface area contributed by atoms with E-state index in [0.717, 1.165) is 45.4 Å². The first-order chi connectivity index (χ1) is 14.1. The Hall–Kier alpha value is -1.59. The predicted molar refractivity (Wildman–Crippen MR) is 134 cm³/mol.